The third-order valence-electron chi connectivity index (χ3n) is 3.00. The lowest BCUT2D eigenvalue weighted by Crippen LogP contribution is -2.14. The van der Waals surface area contributed by atoms with Crippen molar-refractivity contribution in [2.24, 2.45) is 0 Å². The van der Waals surface area contributed by atoms with Crippen molar-refractivity contribution in [3.63, 3.8) is 0 Å². The van der Waals surface area contributed by atoms with Gasteiger partial charge in [-0.25, -0.2) is 9.59 Å². The molecule has 1 rings (SSSR count). The van der Waals surface area contributed by atoms with Gasteiger partial charge in [-0.1, -0.05) is 0 Å². The Balaban J connectivity index is 3.80. The van der Waals surface area contributed by atoms with Crippen LogP contribution < -0.4 is 4.74 Å². The summed E-state index contributed by atoms with van der Waals surface area (Å²) in [5, 5.41) is 11.2. The average Bonchev–Trinajstić information content (AvgIpc) is 2.56. The van der Waals surface area contributed by atoms with Gasteiger partial charge in [0.25, 0.3) is 0 Å². The first-order valence-corrected chi connectivity index (χ1v) is 6.68. The maximum absolute atomic E-state index is 12.1. The number of carbonyl (C=O) groups is 2. The summed E-state index contributed by atoms with van der Waals surface area (Å²) < 4.78 is 14.3. The first-order chi connectivity index (χ1) is 11.3. The minimum Gasteiger partial charge on any atom is -0.490 e. The van der Waals surface area contributed by atoms with E-state index in [1.54, 1.807) is 19.0 Å². The van der Waals surface area contributed by atoms with E-state index < -0.39 is 22.5 Å². The molecule has 0 saturated carbocycles. The van der Waals surface area contributed by atoms with Crippen LogP contribution in [0.2, 0.25) is 0 Å². The Kier molecular flexibility index (Phi) is 6.28. The van der Waals surface area contributed by atoms with Gasteiger partial charge in [0, 0.05) is 38.0 Å². The molecular weight excluding hydrogens is 320 g/mol. The van der Waals surface area contributed by atoms with E-state index in [-0.39, 0.29) is 22.4 Å². The summed E-state index contributed by atoms with van der Waals surface area (Å²) in [5.74, 6) is -1.65. The van der Waals surface area contributed by atoms with Gasteiger partial charge in [-0.3, -0.25) is 10.1 Å². The van der Waals surface area contributed by atoms with Crippen molar-refractivity contribution in [1.29, 1.82) is 0 Å². The van der Waals surface area contributed by atoms with Crippen molar-refractivity contribution in [3.05, 3.63) is 39.6 Å². The molecule has 0 radical (unpaired) electrons. The highest BCUT2D eigenvalue weighted by molar-refractivity contribution is 6.19. The van der Waals surface area contributed by atoms with Crippen molar-refractivity contribution in [2.45, 2.75) is 0 Å². The molecule has 9 heteroatoms. The lowest BCUT2D eigenvalue weighted by molar-refractivity contribution is -0.385. The van der Waals surface area contributed by atoms with E-state index in [0.717, 1.165) is 19.2 Å². The van der Waals surface area contributed by atoms with Gasteiger partial charge < -0.3 is 19.1 Å². The van der Waals surface area contributed by atoms with Crippen LogP contribution in [0.4, 0.5) is 5.69 Å². The number of esters is 2. The van der Waals surface area contributed by atoms with Crippen LogP contribution in [-0.4, -0.2) is 57.2 Å². The molecule has 0 aliphatic rings. The maximum atomic E-state index is 12.1. The summed E-state index contributed by atoms with van der Waals surface area (Å²) in [5.41, 5.74) is -0.476. The van der Waals surface area contributed by atoms with E-state index in [4.69, 9.17) is 9.47 Å². The van der Waals surface area contributed by atoms with Crippen molar-refractivity contribution in [3.8, 4) is 5.75 Å². The van der Waals surface area contributed by atoms with Crippen molar-refractivity contribution >= 4 is 23.2 Å². The van der Waals surface area contributed by atoms with Gasteiger partial charge in [0.05, 0.1) is 37.4 Å². The van der Waals surface area contributed by atoms with Crippen LogP contribution in [0.5, 0.6) is 5.75 Å². The maximum Gasteiger partial charge on any atom is 0.339 e. The quantitative estimate of drug-likeness (QED) is 0.332. The topological polar surface area (TPSA) is 108 Å². The number of rotatable bonds is 6. The second-order valence-electron chi connectivity index (χ2n) is 4.82. The molecule has 0 spiro atoms. The summed E-state index contributed by atoms with van der Waals surface area (Å²) in [6, 6.07) is 2.24. The normalized spacial score (nSPS) is 10.8. The van der Waals surface area contributed by atoms with E-state index in [0.29, 0.717) is 0 Å². The molecule has 0 aliphatic carbocycles. The van der Waals surface area contributed by atoms with Crippen LogP contribution in [0.15, 0.2) is 18.3 Å². The summed E-state index contributed by atoms with van der Waals surface area (Å²) in [6.45, 7) is 0. The zero-order valence-corrected chi connectivity index (χ0v) is 14.0. The lowest BCUT2D eigenvalue weighted by Gasteiger charge is -2.14. The molecule has 0 atom stereocenters. The van der Waals surface area contributed by atoms with Gasteiger partial charge in [-0.05, 0) is 0 Å². The van der Waals surface area contributed by atoms with Crippen LogP contribution in [0.1, 0.15) is 15.9 Å². The fraction of sp³-hybridized carbons (Fsp3) is 0.333. The second-order valence-corrected chi connectivity index (χ2v) is 4.82. The largest absolute Gasteiger partial charge is 0.490 e. The van der Waals surface area contributed by atoms with E-state index in [1.165, 1.54) is 20.4 Å². The highest BCUT2D eigenvalue weighted by Crippen LogP contribution is 2.34. The molecule has 0 heterocycles. The van der Waals surface area contributed by atoms with E-state index >= 15 is 0 Å². The molecule has 130 valence electrons. The van der Waals surface area contributed by atoms with Gasteiger partial charge in [0.2, 0.25) is 0 Å². The summed E-state index contributed by atoms with van der Waals surface area (Å²) in [6.07, 6.45) is 1.39. The SMILES string of the molecule is COC(=O)/C(=C\N(C)C)c1cc([N+](=O)[O-])c(OC)cc1C(=O)OC. The number of carbonyl (C=O) groups excluding carboxylic acids is 2. The number of nitro benzene ring substituents is 1. The van der Waals surface area contributed by atoms with E-state index in [1.807, 2.05) is 0 Å². The fourth-order valence-corrected chi connectivity index (χ4v) is 1.98. The number of benzene rings is 1. The van der Waals surface area contributed by atoms with Crippen LogP contribution in [-0.2, 0) is 14.3 Å². The van der Waals surface area contributed by atoms with Gasteiger partial charge in [-0.15, -0.1) is 0 Å². The molecule has 0 unspecified atom stereocenters. The van der Waals surface area contributed by atoms with E-state index in [2.05, 4.69) is 4.74 Å². The van der Waals surface area contributed by atoms with Crippen LogP contribution in [0.25, 0.3) is 5.57 Å². The Morgan fingerprint density at radius 1 is 1.12 bits per heavy atom. The molecule has 0 N–H and O–H groups in total. The Hall–Kier alpha value is -3.10. The zero-order chi connectivity index (χ0) is 18.4. The molecule has 0 fully saturated rings. The fourth-order valence-electron chi connectivity index (χ4n) is 1.98. The Morgan fingerprint density at radius 3 is 2.17 bits per heavy atom. The summed E-state index contributed by atoms with van der Waals surface area (Å²) in [7, 11) is 6.87. The van der Waals surface area contributed by atoms with Crippen LogP contribution in [0.3, 0.4) is 0 Å². The highest BCUT2D eigenvalue weighted by atomic mass is 16.6. The van der Waals surface area contributed by atoms with E-state index in [9.17, 15) is 19.7 Å². The zero-order valence-electron chi connectivity index (χ0n) is 14.0. The third-order valence-corrected chi connectivity index (χ3v) is 3.00. The minimum atomic E-state index is -0.772. The average molecular weight is 338 g/mol. The Labute approximate surface area is 138 Å². The molecule has 0 bridgehead atoms. The minimum absolute atomic E-state index is 0.00917. The predicted molar refractivity (Wildman–Crippen MR) is 84.7 cm³/mol. The molecular formula is C15H18N2O7. The molecule has 1 aromatic rings. The molecule has 9 nitrogen and oxygen atoms in total. The molecule has 0 aromatic heterocycles. The highest BCUT2D eigenvalue weighted by Gasteiger charge is 2.27. The van der Waals surface area contributed by atoms with Gasteiger partial charge in [0.15, 0.2) is 5.75 Å². The number of ether oxygens (including phenoxy) is 3. The first-order valence-electron chi connectivity index (χ1n) is 6.68. The predicted octanol–water partition coefficient (Wildman–Crippen LogP) is 1.47. The molecule has 0 amide bonds. The Morgan fingerprint density at radius 2 is 1.75 bits per heavy atom. The molecule has 1 aromatic carbocycles. The summed E-state index contributed by atoms with van der Waals surface area (Å²) in [4.78, 5) is 36.2. The first kappa shape index (κ1) is 18.9. The van der Waals surface area contributed by atoms with Crippen molar-refractivity contribution in [2.75, 3.05) is 35.4 Å². The van der Waals surface area contributed by atoms with Gasteiger partial charge in [-0.2, -0.15) is 0 Å². The number of nitro groups is 1. The Bertz CT molecular complexity index is 695. The van der Waals surface area contributed by atoms with Gasteiger partial charge >= 0.3 is 17.6 Å². The standard InChI is InChI=1S/C15H18N2O7/c1-16(2)8-11(15(19)24-5)9-6-12(17(20)21)13(22-3)7-10(9)14(18)23-4/h6-8H,1-5H3/b11-8-. The smallest absolute Gasteiger partial charge is 0.339 e. The monoisotopic (exact) mass is 338 g/mol. The number of nitrogens with zero attached hydrogens (tertiary/aromatic N) is 2. The number of methoxy groups -OCH3 is 3. The number of hydrogen-bond acceptors (Lipinski definition) is 8. The number of hydrogen-bond donors (Lipinski definition) is 0. The van der Waals surface area contributed by atoms with Crippen LogP contribution >= 0.6 is 0 Å². The third kappa shape index (κ3) is 4.00. The second kappa shape index (κ2) is 7.95. The lowest BCUT2D eigenvalue weighted by atomic mass is 9.98. The summed E-state index contributed by atoms with van der Waals surface area (Å²) >= 11 is 0. The van der Waals surface area contributed by atoms with Crippen LogP contribution in [0, 0.1) is 10.1 Å². The van der Waals surface area contributed by atoms with Crippen molar-refractivity contribution < 1.29 is 28.7 Å². The molecule has 0 saturated heterocycles. The van der Waals surface area contributed by atoms with Gasteiger partial charge in [0.1, 0.15) is 0 Å². The molecule has 0 aliphatic heterocycles. The van der Waals surface area contributed by atoms with Crippen molar-refractivity contribution in [1.82, 2.24) is 4.90 Å². The molecule has 24 heavy (non-hydrogen) atoms.